The standard InChI is InChI=1S/C46H28O/c1-3-12-29(13-4-1)33-24-23-32(34-26-27-42-46-39(34)25-22-31-16-11-21-41(47-42)44(31)46)28-40(33)45-37-19-9-7-17-35(37)43(30-14-5-2-6-15-30)36-18-8-10-20-38(36)45/h1-28H. The molecule has 218 valence electrons. The molecule has 0 aliphatic rings. The first kappa shape index (κ1) is 26.1. The van der Waals surface area contributed by atoms with E-state index < -0.39 is 0 Å². The van der Waals surface area contributed by atoms with E-state index in [1.165, 1.54) is 87.6 Å². The third-order valence-electron chi connectivity index (χ3n) is 9.84. The maximum absolute atomic E-state index is 6.32. The second-order valence-electron chi connectivity index (χ2n) is 12.4. The van der Waals surface area contributed by atoms with E-state index >= 15 is 0 Å². The maximum Gasteiger partial charge on any atom is 0.136 e. The summed E-state index contributed by atoms with van der Waals surface area (Å²) in [6, 6.07) is 61.6. The molecular formula is C46H28O. The van der Waals surface area contributed by atoms with Crippen LogP contribution in [0.3, 0.4) is 0 Å². The Hall–Kier alpha value is -6.18. The second kappa shape index (κ2) is 10.2. The first-order valence-electron chi connectivity index (χ1n) is 16.2. The van der Waals surface area contributed by atoms with Crippen molar-refractivity contribution in [3.63, 3.8) is 0 Å². The van der Waals surface area contributed by atoms with Crippen molar-refractivity contribution in [1.29, 1.82) is 0 Å². The molecule has 0 atom stereocenters. The summed E-state index contributed by atoms with van der Waals surface area (Å²) in [5.41, 5.74) is 11.7. The van der Waals surface area contributed by atoms with Gasteiger partial charge in [0.25, 0.3) is 0 Å². The van der Waals surface area contributed by atoms with E-state index in [0.29, 0.717) is 0 Å². The molecule has 0 spiro atoms. The lowest BCUT2D eigenvalue weighted by Gasteiger charge is -2.21. The fraction of sp³-hybridized carbons (Fsp3) is 0. The zero-order valence-corrected chi connectivity index (χ0v) is 25.6. The molecule has 1 heterocycles. The van der Waals surface area contributed by atoms with Crippen LogP contribution < -0.4 is 0 Å². The molecule has 0 saturated heterocycles. The summed E-state index contributed by atoms with van der Waals surface area (Å²) >= 11 is 0. The van der Waals surface area contributed by atoms with Crippen LogP contribution >= 0.6 is 0 Å². The molecule has 9 aromatic carbocycles. The Bertz CT molecular complexity index is 2710. The lowest BCUT2D eigenvalue weighted by molar-refractivity contribution is 0.669. The summed E-state index contributed by atoms with van der Waals surface area (Å²) < 4.78 is 6.32. The molecule has 0 radical (unpaired) electrons. The molecule has 0 N–H and O–H groups in total. The second-order valence-corrected chi connectivity index (χ2v) is 12.4. The molecule has 0 saturated carbocycles. The van der Waals surface area contributed by atoms with E-state index in [-0.39, 0.29) is 0 Å². The average molecular weight is 597 g/mol. The third kappa shape index (κ3) is 3.90. The Morgan fingerprint density at radius 3 is 1.60 bits per heavy atom. The molecule has 10 aromatic rings. The molecule has 0 bridgehead atoms. The quantitative estimate of drug-likeness (QED) is 0.145. The van der Waals surface area contributed by atoms with Crippen LogP contribution in [-0.4, -0.2) is 0 Å². The molecule has 47 heavy (non-hydrogen) atoms. The van der Waals surface area contributed by atoms with Gasteiger partial charge in [-0.05, 0) is 95.0 Å². The fourth-order valence-electron chi connectivity index (χ4n) is 7.82. The van der Waals surface area contributed by atoms with Crippen molar-refractivity contribution in [1.82, 2.24) is 0 Å². The van der Waals surface area contributed by atoms with Gasteiger partial charge in [0.05, 0.1) is 0 Å². The van der Waals surface area contributed by atoms with Crippen molar-refractivity contribution in [3.8, 4) is 44.5 Å². The highest BCUT2D eigenvalue weighted by atomic mass is 16.3. The number of hydrogen-bond acceptors (Lipinski definition) is 1. The summed E-state index contributed by atoms with van der Waals surface area (Å²) in [5, 5.41) is 9.85. The van der Waals surface area contributed by atoms with Gasteiger partial charge in [0.1, 0.15) is 11.2 Å². The minimum Gasteiger partial charge on any atom is -0.456 e. The van der Waals surface area contributed by atoms with Gasteiger partial charge in [-0.15, -0.1) is 0 Å². The molecular weight excluding hydrogens is 569 g/mol. The number of furan rings is 1. The zero-order valence-electron chi connectivity index (χ0n) is 25.6. The van der Waals surface area contributed by atoms with Crippen molar-refractivity contribution in [2.75, 3.05) is 0 Å². The Balaban J connectivity index is 1.32. The van der Waals surface area contributed by atoms with Crippen molar-refractivity contribution in [3.05, 3.63) is 170 Å². The van der Waals surface area contributed by atoms with Crippen molar-refractivity contribution in [2.45, 2.75) is 0 Å². The van der Waals surface area contributed by atoms with E-state index in [0.717, 1.165) is 11.2 Å². The molecule has 0 aliphatic heterocycles. The largest absolute Gasteiger partial charge is 0.456 e. The van der Waals surface area contributed by atoms with Gasteiger partial charge < -0.3 is 4.42 Å². The maximum atomic E-state index is 6.32. The van der Waals surface area contributed by atoms with E-state index in [2.05, 4.69) is 170 Å². The van der Waals surface area contributed by atoms with Crippen LogP contribution in [0.4, 0.5) is 0 Å². The summed E-state index contributed by atoms with van der Waals surface area (Å²) in [7, 11) is 0. The normalized spacial score (nSPS) is 11.8. The monoisotopic (exact) mass is 596 g/mol. The molecule has 0 aliphatic carbocycles. The predicted molar refractivity (Wildman–Crippen MR) is 199 cm³/mol. The lowest BCUT2D eigenvalue weighted by atomic mass is 9.82. The van der Waals surface area contributed by atoms with Crippen molar-refractivity contribution >= 4 is 54.3 Å². The highest BCUT2D eigenvalue weighted by Gasteiger charge is 2.21. The van der Waals surface area contributed by atoms with Crippen LogP contribution in [0.15, 0.2) is 174 Å². The van der Waals surface area contributed by atoms with E-state index in [1.807, 2.05) is 0 Å². The Kier molecular flexibility index (Phi) is 5.64. The summed E-state index contributed by atoms with van der Waals surface area (Å²) in [6.45, 7) is 0. The smallest absolute Gasteiger partial charge is 0.136 e. The van der Waals surface area contributed by atoms with Gasteiger partial charge >= 0.3 is 0 Å². The van der Waals surface area contributed by atoms with Gasteiger partial charge in [0, 0.05) is 10.8 Å². The SMILES string of the molecule is c1ccc(-c2ccc(-c3ccc4oc5cccc6ccc3c4c65)cc2-c2c3ccccc3c(-c3ccccc3)c3ccccc23)cc1. The number of rotatable bonds is 4. The van der Waals surface area contributed by atoms with E-state index in [9.17, 15) is 0 Å². The van der Waals surface area contributed by atoms with Crippen LogP contribution in [0.2, 0.25) is 0 Å². The van der Waals surface area contributed by atoms with Gasteiger partial charge in [0.15, 0.2) is 0 Å². The number of fused-ring (bicyclic) bond motifs is 2. The average Bonchev–Trinajstić information content (AvgIpc) is 3.53. The van der Waals surface area contributed by atoms with E-state index in [4.69, 9.17) is 4.42 Å². The molecule has 10 rings (SSSR count). The van der Waals surface area contributed by atoms with Crippen LogP contribution in [0.1, 0.15) is 0 Å². The fourth-order valence-corrected chi connectivity index (χ4v) is 7.82. The Morgan fingerprint density at radius 1 is 0.298 bits per heavy atom. The molecule has 0 amide bonds. The third-order valence-corrected chi connectivity index (χ3v) is 9.84. The van der Waals surface area contributed by atoms with Crippen LogP contribution in [-0.2, 0) is 0 Å². The number of hydrogen-bond donors (Lipinski definition) is 0. The molecule has 0 fully saturated rings. The van der Waals surface area contributed by atoms with Gasteiger partial charge in [-0.1, -0.05) is 152 Å². The van der Waals surface area contributed by atoms with Crippen molar-refractivity contribution in [2.24, 2.45) is 0 Å². The van der Waals surface area contributed by atoms with Gasteiger partial charge in [-0.2, -0.15) is 0 Å². The predicted octanol–water partition coefficient (Wildman–Crippen LogP) is 13.2. The van der Waals surface area contributed by atoms with Gasteiger partial charge in [0.2, 0.25) is 0 Å². The van der Waals surface area contributed by atoms with Crippen LogP contribution in [0, 0.1) is 0 Å². The molecule has 1 nitrogen and oxygen atoms in total. The summed E-state index contributed by atoms with van der Waals surface area (Å²) in [6.07, 6.45) is 0. The Labute approximate surface area is 272 Å². The lowest BCUT2D eigenvalue weighted by Crippen LogP contribution is -1.93. The van der Waals surface area contributed by atoms with Crippen LogP contribution in [0.25, 0.3) is 98.8 Å². The van der Waals surface area contributed by atoms with Crippen molar-refractivity contribution < 1.29 is 4.42 Å². The van der Waals surface area contributed by atoms with Crippen LogP contribution in [0.5, 0.6) is 0 Å². The Morgan fingerprint density at radius 2 is 0.894 bits per heavy atom. The first-order chi connectivity index (χ1) is 23.3. The highest BCUT2D eigenvalue weighted by Crippen LogP contribution is 2.48. The molecule has 1 aromatic heterocycles. The van der Waals surface area contributed by atoms with E-state index in [1.54, 1.807) is 0 Å². The summed E-state index contributed by atoms with van der Waals surface area (Å²) in [5.74, 6) is 0. The number of benzene rings is 9. The minimum absolute atomic E-state index is 0.935. The molecule has 0 unspecified atom stereocenters. The minimum atomic E-state index is 0.935. The highest BCUT2D eigenvalue weighted by molar-refractivity contribution is 6.25. The van der Waals surface area contributed by atoms with Gasteiger partial charge in [-0.25, -0.2) is 0 Å². The first-order valence-corrected chi connectivity index (χ1v) is 16.2. The zero-order chi connectivity index (χ0) is 30.9. The summed E-state index contributed by atoms with van der Waals surface area (Å²) in [4.78, 5) is 0. The topological polar surface area (TPSA) is 13.1 Å². The molecule has 1 heteroatoms. The van der Waals surface area contributed by atoms with Gasteiger partial charge in [-0.3, -0.25) is 0 Å².